The third-order valence-corrected chi connectivity index (χ3v) is 6.26. The number of aromatic nitrogens is 3. The summed E-state index contributed by atoms with van der Waals surface area (Å²) >= 11 is 8.98. The van der Waals surface area contributed by atoms with E-state index >= 15 is 0 Å². The Kier molecular flexibility index (Phi) is 5.02. The third kappa shape index (κ3) is 3.79. The average Bonchev–Trinajstić information content (AvgIpc) is 3.16. The first-order valence-electron chi connectivity index (χ1n) is 8.33. The van der Waals surface area contributed by atoms with Crippen molar-refractivity contribution in [3.05, 3.63) is 46.8 Å². The van der Waals surface area contributed by atoms with Crippen molar-refractivity contribution in [2.24, 2.45) is 0 Å². The summed E-state index contributed by atoms with van der Waals surface area (Å²) < 4.78 is 2.18. The van der Waals surface area contributed by atoms with Crippen molar-refractivity contribution >= 4 is 46.3 Å². The van der Waals surface area contributed by atoms with Crippen LogP contribution in [0.25, 0.3) is 10.7 Å². The summed E-state index contributed by atoms with van der Waals surface area (Å²) in [6.45, 7) is 1.88. The van der Waals surface area contributed by atoms with Crippen molar-refractivity contribution in [2.45, 2.75) is 36.2 Å². The molecule has 0 spiro atoms. The van der Waals surface area contributed by atoms with Crippen molar-refractivity contribution in [3.63, 3.8) is 0 Å². The Morgan fingerprint density at radius 1 is 1.31 bits per heavy atom. The zero-order chi connectivity index (χ0) is 18.1. The standard InChI is InChI=1S/C18H17ClN4OS2/c1-11(17(24)20-13-6-4-12(19)5-7-13)26-18-22-21-16(15-3-2-10-25-15)23(18)14-8-9-14/h2-7,10-11,14H,8-9H2,1H3,(H,20,24). The lowest BCUT2D eigenvalue weighted by atomic mass is 10.3. The van der Waals surface area contributed by atoms with E-state index in [1.165, 1.54) is 11.8 Å². The van der Waals surface area contributed by atoms with E-state index in [0.29, 0.717) is 11.1 Å². The maximum atomic E-state index is 12.5. The van der Waals surface area contributed by atoms with Crippen molar-refractivity contribution in [3.8, 4) is 10.7 Å². The molecule has 0 bridgehead atoms. The van der Waals surface area contributed by atoms with Crippen LogP contribution in [-0.2, 0) is 4.79 Å². The predicted octanol–water partition coefficient (Wildman–Crippen LogP) is 5.11. The topological polar surface area (TPSA) is 59.8 Å². The van der Waals surface area contributed by atoms with E-state index < -0.39 is 0 Å². The van der Waals surface area contributed by atoms with E-state index in [1.54, 1.807) is 35.6 Å². The zero-order valence-electron chi connectivity index (χ0n) is 14.1. The Hall–Kier alpha value is -1.83. The minimum absolute atomic E-state index is 0.0691. The number of halogens is 1. The fourth-order valence-corrected chi connectivity index (χ4v) is 4.33. The van der Waals surface area contributed by atoms with E-state index in [4.69, 9.17) is 11.6 Å². The van der Waals surface area contributed by atoms with Crippen molar-refractivity contribution in [2.75, 3.05) is 5.32 Å². The molecule has 3 aromatic rings. The molecule has 134 valence electrons. The third-order valence-electron chi connectivity index (χ3n) is 4.08. The minimum Gasteiger partial charge on any atom is -0.325 e. The van der Waals surface area contributed by atoms with Crippen LogP contribution in [-0.4, -0.2) is 25.9 Å². The summed E-state index contributed by atoms with van der Waals surface area (Å²) in [7, 11) is 0. The molecule has 1 aliphatic carbocycles. The Labute approximate surface area is 164 Å². The van der Waals surface area contributed by atoms with Crippen LogP contribution >= 0.6 is 34.7 Å². The molecule has 2 aromatic heterocycles. The molecule has 4 rings (SSSR count). The number of hydrogen-bond acceptors (Lipinski definition) is 5. The Balaban J connectivity index is 1.50. The second-order valence-electron chi connectivity index (χ2n) is 6.14. The molecule has 1 aromatic carbocycles. The van der Waals surface area contributed by atoms with Gasteiger partial charge in [-0.3, -0.25) is 9.36 Å². The van der Waals surface area contributed by atoms with Crippen LogP contribution in [0, 0.1) is 0 Å². The van der Waals surface area contributed by atoms with Gasteiger partial charge < -0.3 is 5.32 Å². The smallest absolute Gasteiger partial charge is 0.237 e. The van der Waals surface area contributed by atoms with E-state index in [2.05, 4.69) is 26.1 Å². The summed E-state index contributed by atoms with van der Waals surface area (Å²) in [6, 6.07) is 11.6. The molecule has 1 N–H and O–H groups in total. The fraction of sp³-hybridized carbons (Fsp3) is 0.278. The van der Waals surface area contributed by atoms with Crippen LogP contribution in [0.3, 0.4) is 0 Å². The van der Waals surface area contributed by atoms with Crippen molar-refractivity contribution < 1.29 is 4.79 Å². The molecule has 0 saturated heterocycles. The first-order chi connectivity index (χ1) is 12.6. The van der Waals surface area contributed by atoms with Gasteiger partial charge in [-0.25, -0.2) is 0 Å². The molecule has 1 saturated carbocycles. The molecule has 0 radical (unpaired) electrons. The van der Waals surface area contributed by atoms with Gasteiger partial charge in [0.1, 0.15) is 0 Å². The first kappa shape index (κ1) is 17.6. The second kappa shape index (κ2) is 7.42. The summed E-state index contributed by atoms with van der Waals surface area (Å²) in [5, 5.41) is 14.8. The molecule has 1 aliphatic rings. The van der Waals surface area contributed by atoms with Crippen LogP contribution in [0.5, 0.6) is 0 Å². The SMILES string of the molecule is CC(Sc1nnc(-c2cccs2)n1C1CC1)C(=O)Nc1ccc(Cl)cc1. The van der Waals surface area contributed by atoms with Crippen LogP contribution < -0.4 is 5.32 Å². The number of benzene rings is 1. The number of thiophene rings is 1. The normalized spacial score (nSPS) is 15.0. The maximum absolute atomic E-state index is 12.5. The average molecular weight is 405 g/mol. The first-order valence-corrected chi connectivity index (χ1v) is 10.5. The van der Waals surface area contributed by atoms with Gasteiger partial charge in [0, 0.05) is 16.8 Å². The number of thioether (sulfide) groups is 1. The van der Waals surface area contributed by atoms with Crippen molar-refractivity contribution in [1.82, 2.24) is 14.8 Å². The quantitative estimate of drug-likeness (QED) is 0.579. The lowest BCUT2D eigenvalue weighted by molar-refractivity contribution is -0.115. The molecule has 2 heterocycles. The molecular formula is C18H17ClN4OS2. The van der Waals surface area contributed by atoms with Crippen LogP contribution in [0.4, 0.5) is 5.69 Å². The number of amides is 1. The molecule has 8 heteroatoms. The molecule has 1 amide bonds. The van der Waals surface area contributed by atoms with Crippen LogP contribution in [0.15, 0.2) is 46.9 Å². The highest BCUT2D eigenvalue weighted by molar-refractivity contribution is 8.00. The number of carbonyl (C=O) groups is 1. The van der Waals surface area contributed by atoms with Gasteiger partial charge in [0.15, 0.2) is 11.0 Å². The highest BCUT2D eigenvalue weighted by atomic mass is 35.5. The lowest BCUT2D eigenvalue weighted by Crippen LogP contribution is -2.22. The van der Waals surface area contributed by atoms with Gasteiger partial charge in [-0.2, -0.15) is 0 Å². The van der Waals surface area contributed by atoms with Crippen molar-refractivity contribution in [1.29, 1.82) is 0 Å². The Morgan fingerprint density at radius 3 is 2.73 bits per heavy atom. The molecular weight excluding hydrogens is 388 g/mol. The lowest BCUT2D eigenvalue weighted by Gasteiger charge is -2.13. The van der Waals surface area contributed by atoms with Gasteiger partial charge in [0.25, 0.3) is 0 Å². The van der Waals surface area contributed by atoms with E-state index in [-0.39, 0.29) is 11.2 Å². The fourth-order valence-electron chi connectivity index (χ4n) is 2.58. The van der Waals surface area contributed by atoms with Gasteiger partial charge in [-0.05, 0) is 55.5 Å². The van der Waals surface area contributed by atoms with Gasteiger partial charge >= 0.3 is 0 Å². The number of hydrogen-bond donors (Lipinski definition) is 1. The predicted molar refractivity (Wildman–Crippen MR) is 107 cm³/mol. The second-order valence-corrected chi connectivity index (χ2v) is 8.83. The molecule has 1 fully saturated rings. The summed E-state index contributed by atoms with van der Waals surface area (Å²) in [6.07, 6.45) is 2.27. The monoisotopic (exact) mass is 404 g/mol. The van der Waals surface area contributed by atoms with Gasteiger partial charge in [0.05, 0.1) is 10.1 Å². The zero-order valence-corrected chi connectivity index (χ0v) is 16.4. The highest BCUT2D eigenvalue weighted by Crippen LogP contribution is 2.42. The highest BCUT2D eigenvalue weighted by Gasteiger charge is 2.31. The molecule has 1 atom stereocenters. The van der Waals surface area contributed by atoms with E-state index in [1.807, 2.05) is 18.4 Å². The molecule has 0 aliphatic heterocycles. The Bertz CT molecular complexity index is 904. The van der Waals surface area contributed by atoms with Gasteiger partial charge in [0.2, 0.25) is 5.91 Å². The molecule has 1 unspecified atom stereocenters. The molecule has 5 nitrogen and oxygen atoms in total. The maximum Gasteiger partial charge on any atom is 0.237 e. The van der Waals surface area contributed by atoms with Crippen LogP contribution in [0.2, 0.25) is 5.02 Å². The number of nitrogens with one attached hydrogen (secondary N) is 1. The van der Waals surface area contributed by atoms with Crippen LogP contribution in [0.1, 0.15) is 25.8 Å². The van der Waals surface area contributed by atoms with Gasteiger partial charge in [-0.1, -0.05) is 29.4 Å². The summed E-state index contributed by atoms with van der Waals surface area (Å²) in [5.74, 6) is 0.829. The Morgan fingerprint density at radius 2 is 2.08 bits per heavy atom. The summed E-state index contributed by atoms with van der Waals surface area (Å²) in [5.41, 5.74) is 0.731. The van der Waals surface area contributed by atoms with E-state index in [0.717, 1.165) is 34.4 Å². The summed E-state index contributed by atoms with van der Waals surface area (Å²) in [4.78, 5) is 13.6. The molecule has 26 heavy (non-hydrogen) atoms. The number of anilines is 1. The number of carbonyl (C=O) groups excluding carboxylic acids is 1. The minimum atomic E-state index is -0.288. The number of rotatable bonds is 6. The van der Waals surface area contributed by atoms with Gasteiger partial charge in [-0.15, -0.1) is 21.5 Å². The largest absolute Gasteiger partial charge is 0.325 e. The number of nitrogens with zero attached hydrogens (tertiary/aromatic N) is 3. The van der Waals surface area contributed by atoms with E-state index in [9.17, 15) is 4.79 Å².